The van der Waals surface area contributed by atoms with E-state index in [0.29, 0.717) is 21.5 Å². The van der Waals surface area contributed by atoms with Crippen molar-refractivity contribution >= 4 is 54.3 Å². The molecule has 0 atom stereocenters. The second-order valence-electron chi connectivity index (χ2n) is 11.2. The van der Waals surface area contributed by atoms with E-state index in [9.17, 15) is 6.85 Å². The van der Waals surface area contributed by atoms with Crippen LogP contribution in [0.15, 0.2) is 186 Å². The molecule has 0 bridgehead atoms. The molecule has 0 aliphatic carbocycles. The van der Waals surface area contributed by atoms with Gasteiger partial charge < -0.3 is 4.42 Å². The molecule has 228 valence electrons. The van der Waals surface area contributed by atoms with Gasteiger partial charge in [-0.2, -0.15) is 0 Å². The summed E-state index contributed by atoms with van der Waals surface area (Å²) in [6.07, 6.45) is 0. The van der Waals surface area contributed by atoms with Crippen molar-refractivity contribution in [2.75, 3.05) is 0 Å². The van der Waals surface area contributed by atoms with Gasteiger partial charge in [-0.05, 0) is 95.6 Å². The van der Waals surface area contributed by atoms with E-state index in [0.717, 1.165) is 0 Å². The molecule has 0 saturated heterocycles. The van der Waals surface area contributed by atoms with Gasteiger partial charge in [0.15, 0.2) is 0 Å². The summed E-state index contributed by atoms with van der Waals surface area (Å²) in [6.45, 7) is 0. The summed E-state index contributed by atoms with van der Waals surface area (Å²) >= 11 is 0. The summed E-state index contributed by atoms with van der Waals surface area (Å²) in [5, 5.41) is 0.475. The van der Waals surface area contributed by atoms with Crippen molar-refractivity contribution in [3.63, 3.8) is 0 Å². The Labute approximate surface area is 313 Å². The minimum Gasteiger partial charge on any atom is -0.455 e. The Bertz CT molecular complexity index is 3970. The van der Waals surface area contributed by atoms with Gasteiger partial charge in [0.05, 0.1) is 28.8 Å². The zero-order valence-corrected chi connectivity index (χ0v) is 25.1. The number of fused-ring (bicyclic) bond motifs is 7. The molecule has 0 saturated carbocycles. The maximum atomic E-state index is 9.99. The SMILES string of the molecule is [2H]c1cc(-c2c3ccccc3c(-c3c([2H])c([2H])c4c(oc5c6c([2H])c([2H])c([2H])c([2H])c6c([2H])c([2H])c54)c3[2H])c3ccccc23)c([2H])c(-c2c([2H])c([2H])c([2H])c([2H])c2[2H])c1-c1c([2H])c([2H])c([2H])c([2H])c1[2H]. The lowest BCUT2D eigenvalue weighted by atomic mass is 9.84. The van der Waals surface area contributed by atoms with Gasteiger partial charge in [0.25, 0.3) is 0 Å². The lowest BCUT2D eigenvalue weighted by molar-refractivity contribution is 0.673. The molecule has 10 rings (SSSR count). The first-order chi connectivity index (χ1) is 33.1. The van der Waals surface area contributed by atoms with Crippen molar-refractivity contribution in [1.29, 1.82) is 0 Å². The summed E-state index contributed by atoms with van der Waals surface area (Å²) in [4.78, 5) is 0. The first-order valence-corrected chi connectivity index (χ1v) is 15.1. The molecule has 1 nitrogen and oxygen atoms in total. The topological polar surface area (TPSA) is 13.1 Å². The van der Waals surface area contributed by atoms with Crippen LogP contribution in [0.3, 0.4) is 0 Å². The Hall–Kier alpha value is -6.44. The van der Waals surface area contributed by atoms with Gasteiger partial charge in [-0.15, -0.1) is 0 Å². The molecule has 0 spiro atoms. The van der Waals surface area contributed by atoms with E-state index in [4.69, 9.17) is 26.3 Å². The monoisotopic (exact) mass is 643 g/mol. The molecule has 0 amide bonds. The zero-order chi connectivity index (χ0) is 50.6. The largest absolute Gasteiger partial charge is 0.455 e. The van der Waals surface area contributed by atoms with Crippen LogP contribution in [-0.2, 0) is 0 Å². The van der Waals surface area contributed by atoms with Crippen LogP contribution in [0.25, 0.3) is 98.8 Å². The van der Waals surface area contributed by atoms with Crippen LogP contribution in [-0.4, -0.2) is 0 Å². The van der Waals surface area contributed by atoms with Crippen molar-refractivity contribution in [2.24, 2.45) is 0 Å². The molecule has 49 heavy (non-hydrogen) atoms. The first-order valence-electron chi connectivity index (χ1n) is 25.6. The standard InChI is InChI=1S/C48H30O/c1-3-13-31(14-4-1)36-26-24-34(29-44(36)32-15-5-2-6-16-32)46-39-19-9-11-21-41(39)47(42-22-12-10-20-40(42)46)35-25-27-38-43-28-23-33-17-7-8-18-37(33)48(43)49-45(38)30-35/h1-30H/i1D,2D,3D,4D,5D,6D,7D,8D,13D,14D,15D,16D,17D,18D,23D,25D,26D,27D,28D,29D,30D. The van der Waals surface area contributed by atoms with Crippen molar-refractivity contribution in [1.82, 2.24) is 0 Å². The van der Waals surface area contributed by atoms with Crippen LogP contribution in [0.1, 0.15) is 28.8 Å². The second kappa shape index (κ2) is 11.1. The lowest BCUT2D eigenvalue weighted by Crippen LogP contribution is -1.92. The van der Waals surface area contributed by atoms with Gasteiger partial charge in [-0.3, -0.25) is 0 Å². The highest BCUT2D eigenvalue weighted by Crippen LogP contribution is 2.46. The van der Waals surface area contributed by atoms with Crippen LogP contribution < -0.4 is 0 Å². The summed E-state index contributed by atoms with van der Waals surface area (Å²) in [7, 11) is 0. The Morgan fingerprint density at radius 1 is 0.367 bits per heavy atom. The Kier molecular flexibility index (Phi) is 3.16. The van der Waals surface area contributed by atoms with Crippen LogP contribution >= 0.6 is 0 Å². The molecule has 0 fully saturated rings. The second-order valence-corrected chi connectivity index (χ2v) is 11.2. The molecule has 0 unspecified atom stereocenters. The molecule has 1 heteroatoms. The van der Waals surface area contributed by atoms with E-state index in [1.54, 1.807) is 48.5 Å². The van der Waals surface area contributed by atoms with E-state index in [2.05, 4.69) is 0 Å². The smallest absolute Gasteiger partial charge is 0.143 e. The fourth-order valence-electron chi connectivity index (χ4n) is 6.44. The molecule has 0 radical (unpaired) electrons. The van der Waals surface area contributed by atoms with Crippen LogP contribution in [0, 0.1) is 0 Å². The molecule has 1 heterocycles. The van der Waals surface area contributed by atoms with E-state index in [-0.39, 0.29) is 55.0 Å². The third-order valence-electron chi connectivity index (χ3n) is 8.51. The predicted molar refractivity (Wildman–Crippen MR) is 208 cm³/mol. The number of hydrogen-bond donors (Lipinski definition) is 0. The summed E-state index contributed by atoms with van der Waals surface area (Å²) < 4.78 is 192. The predicted octanol–water partition coefficient (Wildman–Crippen LogP) is 13.7. The van der Waals surface area contributed by atoms with Gasteiger partial charge in [-0.1, -0.05) is 157 Å². The number of benzene rings is 9. The maximum absolute atomic E-state index is 9.99. The summed E-state index contributed by atoms with van der Waals surface area (Å²) in [6, 6.07) is 0.820. The van der Waals surface area contributed by atoms with Crippen molar-refractivity contribution in [3.05, 3.63) is 181 Å². The third kappa shape index (κ3) is 4.40. The fraction of sp³-hybridized carbons (Fsp3) is 0. The molecule has 0 aliphatic rings. The number of hydrogen-bond acceptors (Lipinski definition) is 1. The molecule has 10 aromatic rings. The van der Waals surface area contributed by atoms with Gasteiger partial charge in [0.2, 0.25) is 0 Å². The van der Waals surface area contributed by atoms with Crippen LogP contribution in [0.4, 0.5) is 0 Å². The van der Waals surface area contributed by atoms with Gasteiger partial charge in [0, 0.05) is 16.2 Å². The molecule has 0 aliphatic heterocycles. The third-order valence-corrected chi connectivity index (χ3v) is 8.51. The summed E-state index contributed by atoms with van der Waals surface area (Å²) in [5.41, 5.74) is -2.26. The highest BCUT2D eigenvalue weighted by Gasteiger charge is 2.19. The molecular formula is C48H30O. The molecule has 0 N–H and O–H groups in total. The number of rotatable bonds is 4. The minimum atomic E-state index is -0.788. The summed E-state index contributed by atoms with van der Waals surface area (Å²) in [5.74, 6) is 0. The first kappa shape index (κ1) is 14.0. The average molecular weight is 644 g/mol. The van der Waals surface area contributed by atoms with E-state index in [1.807, 2.05) is 0 Å². The van der Waals surface area contributed by atoms with E-state index in [1.165, 1.54) is 6.07 Å². The van der Waals surface area contributed by atoms with Crippen molar-refractivity contribution in [2.45, 2.75) is 0 Å². The molecule has 1 aromatic heterocycles. The van der Waals surface area contributed by atoms with E-state index < -0.39 is 149 Å². The number of furan rings is 1. The van der Waals surface area contributed by atoms with Gasteiger partial charge >= 0.3 is 0 Å². The van der Waals surface area contributed by atoms with Gasteiger partial charge in [-0.25, -0.2) is 0 Å². The Balaban J connectivity index is 1.36. The van der Waals surface area contributed by atoms with Crippen molar-refractivity contribution < 1.29 is 33.2 Å². The molecule has 9 aromatic carbocycles. The molecular weight excluding hydrogens is 593 g/mol. The quantitative estimate of drug-likeness (QED) is 0.174. The Morgan fingerprint density at radius 3 is 1.61 bits per heavy atom. The van der Waals surface area contributed by atoms with Gasteiger partial charge in [0.1, 0.15) is 11.2 Å². The highest BCUT2D eigenvalue weighted by molar-refractivity contribution is 6.22. The highest BCUT2D eigenvalue weighted by atomic mass is 16.3. The van der Waals surface area contributed by atoms with Crippen LogP contribution in [0.2, 0.25) is 0 Å². The Morgan fingerprint density at radius 2 is 0.939 bits per heavy atom. The average Bonchev–Trinajstić information content (AvgIpc) is 3.76. The van der Waals surface area contributed by atoms with Crippen LogP contribution in [0.5, 0.6) is 0 Å². The lowest BCUT2D eigenvalue weighted by Gasteiger charge is -2.19. The normalized spacial score (nSPS) is 17.7. The maximum Gasteiger partial charge on any atom is 0.143 e. The fourth-order valence-corrected chi connectivity index (χ4v) is 6.44. The van der Waals surface area contributed by atoms with E-state index >= 15 is 0 Å². The minimum absolute atomic E-state index is 0.0430. The van der Waals surface area contributed by atoms with Crippen molar-refractivity contribution in [3.8, 4) is 44.5 Å². The zero-order valence-electron chi connectivity index (χ0n) is 46.1.